The van der Waals surface area contributed by atoms with Crippen molar-refractivity contribution < 1.29 is 19.1 Å². The first kappa shape index (κ1) is 16.7. The summed E-state index contributed by atoms with van der Waals surface area (Å²) < 4.78 is 10.4. The second-order valence-corrected chi connectivity index (χ2v) is 5.71. The van der Waals surface area contributed by atoms with Crippen LogP contribution in [0.4, 0.5) is 0 Å². The summed E-state index contributed by atoms with van der Waals surface area (Å²) in [6.45, 7) is 1.35. The van der Waals surface area contributed by atoms with Crippen LogP contribution in [-0.4, -0.2) is 24.2 Å². The van der Waals surface area contributed by atoms with E-state index in [2.05, 4.69) is 5.32 Å². The number of aliphatic hydroxyl groups is 1. The highest BCUT2D eigenvalue weighted by Crippen LogP contribution is 2.26. The Morgan fingerprint density at radius 1 is 1.36 bits per heavy atom. The van der Waals surface area contributed by atoms with Gasteiger partial charge in [-0.15, -0.1) is 0 Å². The predicted molar refractivity (Wildman–Crippen MR) is 83.2 cm³/mol. The second-order valence-electron chi connectivity index (χ2n) is 4.89. The van der Waals surface area contributed by atoms with Crippen LogP contribution < -0.4 is 10.1 Å². The van der Waals surface area contributed by atoms with Crippen LogP contribution in [0.1, 0.15) is 12.7 Å². The molecular formula is C15H15Cl2NO4. The van der Waals surface area contributed by atoms with E-state index >= 15 is 0 Å². The summed E-state index contributed by atoms with van der Waals surface area (Å²) in [7, 11) is 0. The number of amides is 1. The lowest BCUT2D eigenvalue weighted by Gasteiger charge is -2.21. The number of hydrogen-bond donors (Lipinski definition) is 2. The van der Waals surface area contributed by atoms with E-state index in [1.165, 1.54) is 12.3 Å². The third kappa shape index (κ3) is 4.40. The Hall–Kier alpha value is -1.69. The number of hydrogen-bond acceptors (Lipinski definition) is 4. The fraction of sp³-hybridized carbons (Fsp3) is 0.267. The van der Waals surface area contributed by atoms with Gasteiger partial charge in [0.15, 0.2) is 6.61 Å². The van der Waals surface area contributed by atoms with Gasteiger partial charge in [0.05, 0.1) is 22.9 Å². The van der Waals surface area contributed by atoms with Crippen LogP contribution in [0.5, 0.6) is 5.75 Å². The van der Waals surface area contributed by atoms with Crippen molar-refractivity contribution in [1.29, 1.82) is 0 Å². The van der Waals surface area contributed by atoms with Crippen LogP contribution in [0.2, 0.25) is 10.0 Å². The first-order valence-electron chi connectivity index (χ1n) is 6.49. The Bertz CT molecular complexity index is 641. The van der Waals surface area contributed by atoms with E-state index in [1.54, 1.807) is 31.2 Å². The summed E-state index contributed by atoms with van der Waals surface area (Å²) in [6, 6.07) is 8.02. The number of furan rings is 1. The molecule has 2 rings (SSSR count). The molecule has 1 heterocycles. The van der Waals surface area contributed by atoms with Crippen molar-refractivity contribution in [3.05, 3.63) is 52.4 Å². The van der Waals surface area contributed by atoms with Crippen LogP contribution in [-0.2, 0) is 10.4 Å². The van der Waals surface area contributed by atoms with Gasteiger partial charge in [-0.05, 0) is 31.2 Å². The van der Waals surface area contributed by atoms with Gasteiger partial charge in [-0.1, -0.05) is 23.2 Å². The molecule has 1 aromatic heterocycles. The topological polar surface area (TPSA) is 71.7 Å². The fourth-order valence-corrected chi connectivity index (χ4v) is 2.00. The molecule has 0 aliphatic heterocycles. The number of carbonyl (C=O) groups is 1. The van der Waals surface area contributed by atoms with Gasteiger partial charge in [0.1, 0.15) is 17.1 Å². The molecule has 0 bridgehead atoms. The lowest BCUT2D eigenvalue weighted by atomic mass is 10.0. The molecule has 22 heavy (non-hydrogen) atoms. The SMILES string of the molecule is CC(O)(CNC(=O)COc1ccc(Cl)c(Cl)c1)c1ccco1. The van der Waals surface area contributed by atoms with E-state index in [-0.39, 0.29) is 19.1 Å². The van der Waals surface area contributed by atoms with Crippen LogP contribution in [0.15, 0.2) is 41.0 Å². The third-order valence-corrected chi connectivity index (χ3v) is 3.68. The monoisotopic (exact) mass is 343 g/mol. The average molecular weight is 344 g/mol. The second kappa shape index (κ2) is 7.05. The molecule has 1 unspecified atom stereocenters. The van der Waals surface area contributed by atoms with Crippen molar-refractivity contribution in [2.24, 2.45) is 0 Å². The lowest BCUT2D eigenvalue weighted by molar-refractivity contribution is -0.124. The smallest absolute Gasteiger partial charge is 0.258 e. The minimum absolute atomic E-state index is 0.00405. The first-order valence-corrected chi connectivity index (χ1v) is 7.25. The summed E-state index contributed by atoms with van der Waals surface area (Å²) in [5, 5.41) is 13.5. The highest BCUT2D eigenvalue weighted by Gasteiger charge is 2.26. The number of halogens is 2. The van der Waals surface area contributed by atoms with Crippen LogP contribution in [0, 0.1) is 0 Å². The Morgan fingerprint density at radius 3 is 2.77 bits per heavy atom. The van der Waals surface area contributed by atoms with Gasteiger partial charge in [-0.3, -0.25) is 4.79 Å². The minimum atomic E-state index is -1.29. The van der Waals surface area contributed by atoms with Gasteiger partial charge >= 0.3 is 0 Å². The van der Waals surface area contributed by atoms with E-state index in [0.29, 0.717) is 21.6 Å². The Kier molecular flexibility index (Phi) is 5.34. The van der Waals surface area contributed by atoms with Crippen molar-refractivity contribution >= 4 is 29.1 Å². The maximum absolute atomic E-state index is 11.7. The molecule has 0 saturated heterocycles. The number of nitrogens with one attached hydrogen (secondary N) is 1. The summed E-state index contributed by atoms with van der Waals surface area (Å²) in [5.74, 6) is 0.429. The molecule has 118 valence electrons. The van der Waals surface area contributed by atoms with Crippen molar-refractivity contribution in [1.82, 2.24) is 5.32 Å². The molecule has 0 saturated carbocycles. The highest BCUT2D eigenvalue weighted by atomic mass is 35.5. The summed E-state index contributed by atoms with van der Waals surface area (Å²) >= 11 is 11.6. The van der Waals surface area contributed by atoms with Gasteiger partial charge in [-0.25, -0.2) is 0 Å². The number of ether oxygens (including phenoxy) is 1. The van der Waals surface area contributed by atoms with Crippen LogP contribution >= 0.6 is 23.2 Å². The van der Waals surface area contributed by atoms with E-state index in [9.17, 15) is 9.90 Å². The molecule has 0 aliphatic carbocycles. The van der Waals surface area contributed by atoms with E-state index < -0.39 is 5.60 Å². The quantitative estimate of drug-likeness (QED) is 0.845. The van der Waals surface area contributed by atoms with E-state index in [4.69, 9.17) is 32.4 Å². The largest absolute Gasteiger partial charge is 0.484 e. The summed E-state index contributed by atoms with van der Waals surface area (Å²) in [4.78, 5) is 11.7. The predicted octanol–water partition coefficient (Wildman–Crippen LogP) is 2.99. The molecule has 1 atom stereocenters. The molecule has 0 aliphatic rings. The van der Waals surface area contributed by atoms with Crippen LogP contribution in [0.25, 0.3) is 0 Å². The zero-order chi connectivity index (χ0) is 16.2. The van der Waals surface area contributed by atoms with Gasteiger partial charge in [-0.2, -0.15) is 0 Å². The van der Waals surface area contributed by atoms with Crippen molar-refractivity contribution in [3.63, 3.8) is 0 Å². The third-order valence-electron chi connectivity index (χ3n) is 2.94. The van der Waals surface area contributed by atoms with Gasteiger partial charge in [0, 0.05) is 6.07 Å². The number of benzene rings is 1. The molecule has 1 aromatic carbocycles. The average Bonchev–Trinajstić information content (AvgIpc) is 3.01. The molecule has 2 N–H and O–H groups in total. The van der Waals surface area contributed by atoms with Gasteiger partial charge < -0.3 is 19.6 Å². The molecule has 0 spiro atoms. The first-order chi connectivity index (χ1) is 10.4. The molecule has 0 fully saturated rings. The summed E-state index contributed by atoms with van der Waals surface area (Å²) in [6.07, 6.45) is 1.46. The van der Waals surface area contributed by atoms with Crippen molar-refractivity contribution in [2.75, 3.05) is 13.2 Å². The zero-order valence-electron chi connectivity index (χ0n) is 11.8. The van der Waals surface area contributed by atoms with Crippen LogP contribution in [0.3, 0.4) is 0 Å². The minimum Gasteiger partial charge on any atom is -0.484 e. The molecule has 5 nitrogen and oxygen atoms in total. The van der Waals surface area contributed by atoms with Crippen molar-refractivity contribution in [3.8, 4) is 5.75 Å². The zero-order valence-corrected chi connectivity index (χ0v) is 13.3. The maximum atomic E-state index is 11.7. The number of carbonyl (C=O) groups excluding carboxylic acids is 1. The molecule has 0 radical (unpaired) electrons. The normalized spacial score (nSPS) is 13.5. The Morgan fingerprint density at radius 2 is 2.14 bits per heavy atom. The Balaban J connectivity index is 1.82. The fourth-order valence-electron chi connectivity index (χ4n) is 1.71. The van der Waals surface area contributed by atoms with E-state index in [0.717, 1.165) is 0 Å². The maximum Gasteiger partial charge on any atom is 0.258 e. The standard InChI is InChI=1S/C15H15Cl2NO4/c1-15(20,13-3-2-6-21-13)9-18-14(19)8-22-10-4-5-11(16)12(17)7-10/h2-7,20H,8-9H2,1H3,(H,18,19). The van der Waals surface area contributed by atoms with Gasteiger partial charge in [0.25, 0.3) is 5.91 Å². The molecule has 1 amide bonds. The molecular weight excluding hydrogens is 329 g/mol. The lowest BCUT2D eigenvalue weighted by Crippen LogP contribution is -2.40. The Labute approximate surface area is 137 Å². The number of rotatable bonds is 6. The van der Waals surface area contributed by atoms with Gasteiger partial charge in [0.2, 0.25) is 0 Å². The molecule has 2 aromatic rings. The highest BCUT2D eigenvalue weighted by molar-refractivity contribution is 6.42. The van der Waals surface area contributed by atoms with E-state index in [1.807, 2.05) is 0 Å². The van der Waals surface area contributed by atoms with Crippen molar-refractivity contribution in [2.45, 2.75) is 12.5 Å². The summed E-state index contributed by atoms with van der Waals surface area (Å²) in [5.41, 5.74) is -1.29. The molecule has 7 heteroatoms.